The number of alkyl halides is 3. The van der Waals surface area contributed by atoms with Crippen LogP contribution in [-0.2, 0) is 0 Å². The lowest BCUT2D eigenvalue weighted by molar-refractivity contribution is -0.138. The fourth-order valence-corrected chi connectivity index (χ4v) is 3.03. The summed E-state index contributed by atoms with van der Waals surface area (Å²) in [6.07, 6.45) is -3.02. The summed E-state index contributed by atoms with van der Waals surface area (Å²) in [5, 5.41) is 8.43. The highest BCUT2D eigenvalue weighted by Gasteiger charge is 2.37. The first-order valence-electron chi connectivity index (χ1n) is 9.12. The maximum absolute atomic E-state index is 14.9. The molecule has 0 aliphatic heterocycles. The number of nitrogens with zero attached hydrogens (tertiary/aromatic N) is 4. The molecule has 0 spiro atoms. The van der Waals surface area contributed by atoms with Gasteiger partial charge >= 0.3 is 6.18 Å². The zero-order valence-corrected chi connectivity index (χ0v) is 17.2. The van der Waals surface area contributed by atoms with Crippen molar-refractivity contribution in [3.63, 3.8) is 0 Å². The summed E-state index contributed by atoms with van der Waals surface area (Å²) < 4.78 is 75.5. The Bertz CT molecular complexity index is 1050. The normalized spacial score (nSPS) is 12.5. The lowest BCUT2D eigenvalue weighted by Crippen LogP contribution is -2.34. The van der Waals surface area contributed by atoms with E-state index in [1.54, 1.807) is 7.05 Å². The van der Waals surface area contributed by atoms with Crippen molar-refractivity contribution < 1.29 is 26.7 Å². The molecule has 1 aromatic carbocycles. The summed E-state index contributed by atoms with van der Waals surface area (Å²) in [5.74, 6) is -2.79. The van der Waals surface area contributed by atoms with E-state index in [4.69, 9.17) is 16.3 Å². The number of aromatic nitrogens is 4. The van der Waals surface area contributed by atoms with Crippen molar-refractivity contribution in [3.05, 3.63) is 35.2 Å². The zero-order valence-electron chi connectivity index (χ0n) is 16.4. The lowest BCUT2D eigenvalue weighted by Gasteiger charge is -2.21. The first-order chi connectivity index (χ1) is 14.6. The second-order valence-electron chi connectivity index (χ2n) is 6.57. The number of hydrogen-bond acceptors (Lipinski definition) is 6. The van der Waals surface area contributed by atoms with Crippen molar-refractivity contribution in [1.29, 1.82) is 0 Å². The maximum Gasteiger partial charge on any atom is 0.408 e. The number of hydrogen-bond donors (Lipinski definition) is 2. The third-order valence-corrected chi connectivity index (χ3v) is 4.61. The molecule has 0 unspecified atom stereocenters. The van der Waals surface area contributed by atoms with Gasteiger partial charge < -0.3 is 15.4 Å². The van der Waals surface area contributed by atoms with Gasteiger partial charge in [0.25, 0.3) is 5.78 Å². The zero-order chi connectivity index (χ0) is 22.8. The van der Waals surface area contributed by atoms with Crippen LogP contribution in [0.5, 0.6) is 5.75 Å². The molecule has 0 saturated carbocycles. The van der Waals surface area contributed by atoms with Crippen LogP contribution in [0.4, 0.5) is 27.8 Å². The molecule has 3 rings (SSSR count). The number of ether oxygens (including phenoxy) is 1. The Balaban J connectivity index is 0.00000363. The highest BCUT2D eigenvalue weighted by molar-refractivity contribution is 6.33. The SMILES string of the molecule is C.CNCCCOc1cc(F)c(-c2c(Cl)nc3ncnn3c2N[C@@H](C)C(F)(F)F)c(F)c1. The summed E-state index contributed by atoms with van der Waals surface area (Å²) in [6, 6.07) is -0.231. The number of halogens is 6. The van der Waals surface area contributed by atoms with Crippen LogP contribution in [0.1, 0.15) is 20.8 Å². The number of anilines is 1. The van der Waals surface area contributed by atoms with E-state index in [2.05, 4.69) is 25.7 Å². The number of rotatable bonds is 8. The standard InChI is InChI=1S/C18H18ClF5N6O.CH4/c1-9(18(22,23)24)28-16-14(15(19)29-17-26-8-27-30(16)17)13-11(20)6-10(7-12(13)21)31-5-3-4-25-2;/h6-9,25,28H,3-5H2,1-2H3;1H4/t9-;/m0./s1. The summed E-state index contributed by atoms with van der Waals surface area (Å²) in [7, 11) is 1.75. The van der Waals surface area contributed by atoms with Crippen LogP contribution in [-0.4, -0.2) is 52.0 Å². The molecule has 0 aliphatic rings. The van der Waals surface area contributed by atoms with E-state index in [0.717, 1.165) is 29.9 Å². The van der Waals surface area contributed by atoms with E-state index in [1.807, 2.05) is 0 Å². The van der Waals surface area contributed by atoms with Crippen molar-refractivity contribution in [2.24, 2.45) is 0 Å². The van der Waals surface area contributed by atoms with Crippen LogP contribution in [0.15, 0.2) is 18.5 Å². The largest absolute Gasteiger partial charge is 0.493 e. The molecule has 7 nitrogen and oxygen atoms in total. The molecule has 0 bridgehead atoms. The predicted octanol–water partition coefficient (Wildman–Crippen LogP) is 4.71. The van der Waals surface area contributed by atoms with Gasteiger partial charge in [-0.3, -0.25) is 0 Å². The van der Waals surface area contributed by atoms with E-state index in [-0.39, 0.29) is 25.6 Å². The second-order valence-corrected chi connectivity index (χ2v) is 6.93. The fourth-order valence-electron chi connectivity index (χ4n) is 2.77. The number of nitrogens with one attached hydrogen (secondary N) is 2. The van der Waals surface area contributed by atoms with Crippen LogP contribution in [0.25, 0.3) is 16.9 Å². The average Bonchev–Trinajstić information content (AvgIpc) is 3.14. The van der Waals surface area contributed by atoms with Crippen molar-refractivity contribution >= 4 is 23.2 Å². The van der Waals surface area contributed by atoms with Gasteiger partial charge in [0.05, 0.1) is 17.7 Å². The Morgan fingerprint density at radius 2 is 1.84 bits per heavy atom. The molecule has 3 aromatic rings. The minimum Gasteiger partial charge on any atom is -0.493 e. The summed E-state index contributed by atoms with van der Waals surface area (Å²) >= 11 is 6.11. The molecule has 0 saturated heterocycles. The Morgan fingerprint density at radius 1 is 1.19 bits per heavy atom. The Labute approximate surface area is 186 Å². The molecule has 0 aliphatic carbocycles. The van der Waals surface area contributed by atoms with Crippen LogP contribution in [0.2, 0.25) is 5.15 Å². The van der Waals surface area contributed by atoms with E-state index in [1.165, 1.54) is 0 Å². The predicted molar refractivity (Wildman–Crippen MR) is 111 cm³/mol. The van der Waals surface area contributed by atoms with Gasteiger partial charge in [0.2, 0.25) is 0 Å². The molecule has 2 heterocycles. The van der Waals surface area contributed by atoms with Gasteiger partial charge in [-0.15, -0.1) is 0 Å². The molecule has 0 amide bonds. The third kappa shape index (κ3) is 5.36. The van der Waals surface area contributed by atoms with Crippen molar-refractivity contribution in [1.82, 2.24) is 24.9 Å². The van der Waals surface area contributed by atoms with Gasteiger partial charge in [0.15, 0.2) is 0 Å². The Kier molecular flexibility index (Phi) is 8.18. The number of benzene rings is 1. The van der Waals surface area contributed by atoms with E-state index in [0.29, 0.717) is 13.0 Å². The first-order valence-corrected chi connectivity index (χ1v) is 9.50. The van der Waals surface area contributed by atoms with Crippen LogP contribution < -0.4 is 15.4 Å². The molecule has 13 heteroatoms. The van der Waals surface area contributed by atoms with Gasteiger partial charge in [-0.25, -0.2) is 8.78 Å². The van der Waals surface area contributed by atoms with Gasteiger partial charge in [0, 0.05) is 12.1 Å². The molecule has 2 aromatic heterocycles. The molecular formula is C19H22ClF5N6O. The van der Waals surface area contributed by atoms with E-state index in [9.17, 15) is 22.0 Å². The smallest absolute Gasteiger partial charge is 0.408 e. The Hall–Kier alpha value is -2.73. The van der Waals surface area contributed by atoms with E-state index < -0.39 is 46.0 Å². The molecule has 0 fully saturated rings. The van der Waals surface area contributed by atoms with Gasteiger partial charge in [0.1, 0.15) is 40.7 Å². The topological polar surface area (TPSA) is 76.4 Å². The minimum atomic E-state index is -4.65. The monoisotopic (exact) mass is 480 g/mol. The molecule has 176 valence electrons. The van der Waals surface area contributed by atoms with Gasteiger partial charge in [-0.2, -0.15) is 32.8 Å². The van der Waals surface area contributed by atoms with Crippen molar-refractivity contribution in [2.45, 2.75) is 33.0 Å². The van der Waals surface area contributed by atoms with E-state index >= 15 is 0 Å². The summed E-state index contributed by atoms with van der Waals surface area (Å²) in [5.41, 5.74) is -1.10. The van der Waals surface area contributed by atoms with Crippen molar-refractivity contribution in [3.8, 4) is 16.9 Å². The average molecular weight is 481 g/mol. The lowest BCUT2D eigenvalue weighted by atomic mass is 10.1. The minimum absolute atomic E-state index is 0. The quantitative estimate of drug-likeness (QED) is 0.276. The maximum atomic E-state index is 14.9. The highest BCUT2D eigenvalue weighted by atomic mass is 35.5. The molecule has 2 N–H and O–H groups in total. The summed E-state index contributed by atoms with van der Waals surface area (Å²) in [6.45, 7) is 1.70. The van der Waals surface area contributed by atoms with Crippen LogP contribution in [0.3, 0.4) is 0 Å². The molecule has 0 radical (unpaired) electrons. The first kappa shape index (κ1) is 25.5. The second kappa shape index (κ2) is 10.3. The molecular weight excluding hydrogens is 459 g/mol. The van der Waals surface area contributed by atoms with Gasteiger partial charge in [-0.05, 0) is 26.9 Å². The Morgan fingerprint density at radius 3 is 2.44 bits per heavy atom. The third-order valence-electron chi connectivity index (χ3n) is 4.33. The number of fused-ring (bicyclic) bond motifs is 1. The van der Waals surface area contributed by atoms with Crippen molar-refractivity contribution in [2.75, 3.05) is 25.5 Å². The highest BCUT2D eigenvalue weighted by Crippen LogP contribution is 2.39. The van der Waals surface area contributed by atoms with Crippen LogP contribution in [0, 0.1) is 11.6 Å². The van der Waals surface area contributed by atoms with Gasteiger partial charge in [-0.1, -0.05) is 19.0 Å². The molecule has 1 atom stereocenters. The fraction of sp³-hybridized carbons (Fsp3) is 0.421. The van der Waals surface area contributed by atoms with Crippen LogP contribution >= 0.6 is 11.6 Å². The summed E-state index contributed by atoms with van der Waals surface area (Å²) in [4.78, 5) is 7.65. The molecule has 32 heavy (non-hydrogen) atoms.